The zero-order valence-corrected chi connectivity index (χ0v) is 14.8. The second-order valence-corrected chi connectivity index (χ2v) is 6.55. The Morgan fingerprint density at radius 2 is 2.32 bits per heavy atom. The van der Waals surface area contributed by atoms with E-state index in [-0.39, 0.29) is 12.2 Å². The fourth-order valence-corrected chi connectivity index (χ4v) is 3.14. The summed E-state index contributed by atoms with van der Waals surface area (Å²) in [5.74, 6) is 0.103. The lowest BCUT2D eigenvalue weighted by atomic mass is 10.3. The Morgan fingerprint density at radius 1 is 1.48 bits per heavy atom. The second kappa shape index (κ2) is 7.64. The molecule has 0 spiro atoms. The molecule has 0 radical (unpaired) electrons. The topological polar surface area (TPSA) is 89.3 Å². The number of methoxy groups -OCH3 is 1. The van der Waals surface area contributed by atoms with E-state index < -0.39 is 12.0 Å². The van der Waals surface area contributed by atoms with Crippen LogP contribution in [-0.2, 0) is 6.54 Å². The van der Waals surface area contributed by atoms with Crippen LogP contribution in [0.5, 0.6) is 5.75 Å². The second-order valence-electron chi connectivity index (χ2n) is 5.16. The minimum Gasteiger partial charge on any atom is -0.495 e. The number of amides is 1. The number of carbonyl (C=O) groups is 1. The number of hydrogen-bond acceptors (Lipinski definition) is 6. The zero-order chi connectivity index (χ0) is 17.8. The number of rotatable bonds is 6. The summed E-state index contributed by atoms with van der Waals surface area (Å²) in [7, 11) is 1.52. The van der Waals surface area contributed by atoms with Gasteiger partial charge < -0.3 is 15.2 Å². The van der Waals surface area contributed by atoms with Crippen LogP contribution in [0.15, 0.2) is 41.9 Å². The Morgan fingerprint density at radius 3 is 3.00 bits per heavy atom. The molecule has 25 heavy (non-hydrogen) atoms. The summed E-state index contributed by atoms with van der Waals surface area (Å²) in [6, 6.07) is 8.62. The molecule has 0 aliphatic rings. The molecule has 0 bridgehead atoms. The highest BCUT2D eigenvalue weighted by Crippen LogP contribution is 2.27. The molecule has 0 saturated heterocycles. The molecule has 7 nitrogen and oxygen atoms in total. The Labute approximate surface area is 152 Å². The molecule has 2 heterocycles. The monoisotopic (exact) mass is 378 g/mol. The molecule has 3 rings (SSSR count). The van der Waals surface area contributed by atoms with Crippen LogP contribution < -0.4 is 10.1 Å². The van der Waals surface area contributed by atoms with E-state index in [9.17, 15) is 9.90 Å². The zero-order valence-electron chi connectivity index (χ0n) is 13.2. The van der Waals surface area contributed by atoms with E-state index in [0.717, 1.165) is 4.88 Å². The van der Waals surface area contributed by atoms with Crippen molar-refractivity contribution < 1.29 is 14.6 Å². The molecule has 0 aliphatic heterocycles. The van der Waals surface area contributed by atoms with Gasteiger partial charge in [0.1, 0.15) is 11.9 Å². The van der Waals surface area contributed by atoms with Gasteiger partial charge in [-0.2, -0.15) is 0 Å². The quantitative estimate of drug-likeness (QED) is 0.688. The molecule has 2 N–H and O–H groups in total. The minimum atomic E-state index is -0.696. The van der Waals surface area contributed by atoms with Gasteiger partial charge in [0.2, 0.25) is 0 Å². The third-order valence-electron chi connectivity index (χ3n) is 3.41. The normalized spacial score (nSPS) is 12.0. The van der Waals surface area contributed by atoms with Crippen LogP contribution in [0.25, 0.3) is 0 Å². The van der Waals surface area contributed by atoms with Gasteiger partial charge in [0.25, 0.3) is 5.91 Å². The fourth-order valence-electron chi connectivity index (χ4n) is 2.18. The minimum absolute atomic E-state index is 0.144. The highest BCUT2D eigenvalue weighted by Gasteiger charge is 2.15. The van der Waals surface area contributed by atoms with Crippen molar-refractivity contribution in [3.63, 3.8) is 0 Å². The molecule has 1 atom stereocenters. The molecule has 2 aromatic heterocycles. The molecule has 0 fully saturated rings. The van der Waals surface area contributed by atoms with Gasteiger partial charge in [-0.25, -0.2) is 4.68 Å². The maximum absolute atomic E-state index is 12.2. The first-order valence-corrected chi connectivity index (χ1v) is 8.59. The summed E-state index contributed by atoms with van der Waals surface area (Å²) in [5.41, 5.74) is 0.661. The average molecular weight is 379 g/mol. The van der Waals surface area contributed by atoms with E-state index in [1.54, 1.807) is 18.2 Å². The van der Waals surface area contributed by atoms with Gasteiger partial charge in [-0.05, 0) is 29.6 Å². The van der Waals surface area contributed by atoms with E-state index in [2.05, 4.69) is 15.6 Å². The summed E-state index contributed by atoms with van der Waals surface area (Å²) < 4.78 is 6.50. The molecule has 0 saturated carbocycles. The van der Waals surface area contributed by atoms with Crippen molar-refractivity contribution >= 4 is 34.5 Å². The summed E-state index contributed by atoms with van der Waals surface area (Å²) in [6.45, 7) is 0.217. The van der Waals surface area contributed by atoms with Crippen molar-refractivity contribution in [3.8, 4) is 5.75 Å². The van der Waals surface area contributed by atoms with E-state index in [0.29, 0.717) is 16.5 Å². The number of aromatic nitrogens is 3. The Hall–Kier alpha value is -2.42. The van der Waals surface area contributed by atoms with Crippen molar-refractivity contribution in [2.75, 3.05) is 12.4 Å². The van der Waals surface area contributed by atoms with Crippen LogP contribution in [-0.4, -0.2) is 33.1 Å². The van der Waals surface area contributed by atoms with E-state index in [1.807, 2.05) is 17.5 Å². The van der Waals surface area contributed by atoms with Gasteiger partial charge in [-0.3, -0.25) is 4.79 Å². The average Bonchev–Trinajstić information content (AvgIpc) is 3.27. The highest BCUT2D eigenvalue weighted by molar-refractivity contribution is 7.10. The molecule has 130 valence electrons. The maximum atomic E-state index is 12.2. The number of ether oxygens (including phenoxy) is 1. The van der Waals surface area contributed by atoms with Crippen LogP contribution in [0, 0.1) is 0 Å². The molecule has 3 aromatic rings. The predicted molar refractivity (Wildman–Crippen MR) is 95.3 cm³/mol. The lowest BCUT2D eigenvalue weighted by Gasteiger charge is -2.07. The summed E-state index contributed by atoms with van der Waals surface area (Å²) in [6.07, 6.45) is 0.787. The van der Waals surface area contributed by atoms with Gasteiger partial charge in [0, 0.05) is 10.6 Å². The van der Waals surface area contributed by atoms with Crippen LogP contribution in [0.2, 0.25) is 5.02 Å². The largest absolute Gasteiger partial charge is 0.495 e. The first-order chi connectivity index (χ1) is 12.1. The first kappa shape index (κ1) is 17.4. The molecular weight excluding hydrogens is 364 g/mol. The number of benzene rings is 1. The molecular formula is C16H15ClN4O3S. The number of hydrogen-bond donors (Lipinski definition) is 2. The first-order valence-electron chi connectivity index (χ1n) is 7.33. The smallest absolute Gasteiger partial charge is 0.277 e. The maximum Gasteiger partial charge on any atom is 0.277 e. The van der Waals surface area contributed by atoms with Crippen LogP contribution in [0.4, 0.5) is 5.69 Å². The summed E-state index contributed by atoms with van der Waals surface area (Å²) in [5, 5.41) is 22.8. The number of carbonyl (C=O) groups excluding carboxylic acids is 1. The van der Waals surface area contributed by atoms with Gasteiger partial charge in [-0.15, -0.1) is 16.4 Å². The van der Waals surface area contributed by atoms with Gasteiger partial charge >= 0.3 is 0 Å². The van der Waals surface area contributed by atoms with Crippen LogP contribution in [0.1, 0.15) is 21.5 Å². The SMILES string of the molecule is COc1ccc(NC(=O)c2cn(C[C@H](O)c3cccs3)nn2)cc1Cl. The lowest BCUT2D eigenvalue weighted by molar-refractivity contribution is 0.102. The van der Waals surface area contributed by atoms with Gasteiger partial charge in [0.05, 0.1) is 24.9 Å². The number of aliphatic hydroxyl groups is 1. The number of thiophene rings is 1. The fraction of sp³-hybridized carbons (Fsp3) is 0.188. The van der Waals surface area contributed by atoms with Crippen molar-refractivity contribution in [1.29, 1.82) is 0 Å². The number of aliphatic hydroxyl groups excluding tert-OH is 1. The van der Waals surface area contributed by atoms with Crippen molar-refractivity contribution in [1.82, 2.24) is 15.0 Å². The van der Waals surface area contributed by atoms with Crippen LogP contribution >= 0.6 is 22.9 Å². The standard InChI is InChI=1S/C16H15ClN4O3S/c1-24-14-5-4-10(7-11(14)17)18-16(23)12-8-21(20-19-12)9-13(22)15-3-2-6-25-15/h2-8,13,22H,9H2,1H3,(H,18,23)/t13-/m0/s1. The number of nitrogens with zero attached hydrogens (tertiary/aromatic N) is 3. The van der Waals surface area contributed by atoms with Crippen molar-refractivity contribution in [2.45, 2.75) is 12.6 Å². The summed E-state index contributed by atoms with van der Waals surface area (Å²) in [4.78, 5) is 13.1. The lowest BCUT2D eigenvalue weighted by Crippen LogP contribution is -2.12. The highest BCUT2D eigenvalue weighted by atomic mass is 35.5. The van der Waals surface area contributed by atoms with Crippen molar-refractivity contribution in [3.05, 3.63) is 57.5 Å². The third kappa shape index (κ3) is 4.16. The molecule has 0 aliphatic carbocycles. The predicted octanol–water partition coefficient (Wildman–Crippen LogP) is 2.99. The number of halogens is 1. The number of anilines is 1. The van der Waals surface area contributed by atoms with Crippen molar-refractivity contribution in [2.24, 2.45) is 0 Å². The third-order valence-corrected chi connectivity index (χ3v) is 4.68. The van der Waals surface area contributed by atoms with E-state index in [1.165, 1.54) is 29.3 Å². The van der Waals surface area contributed by atoms with E-state index >= 15 is 0 Å². The number of nitrogens with one attached hydrogen (secondary N) is 1. The Kier molecular flexibility index (Phi) is 5.32. The molecule has 9 heteroatoms. The van der Waals surface area contributed by atoms with Gasteiger partial charge in [-0.1, -0.05) is 22.9 Å². The van der Waals surface area contributed by atoms with E-state index in [4.69, 9.17) is 16.3 Å². The Bertz CT molecular complexity index is 866. The van der Waals surface area contributed by atoms with Crippen LogP contribution in [0.3, 0.4) is 0 Å². The Balaban J connectivity index is 1.65. The molecule has 1 aromatic carbocycles. The molecule has 1 amide bonds. The summed E-state index contributed by atoms with van der Waals surface area (Å²) >= 11 is 7.49. The molecule has 0 unspecified atom stereocenters. The van der Waals surface area contributed by atoms with Gasteiger partial charge in [0.15, 0.2) is 5.69 Å².